The summed E-state index contributed by atoms with van der Waals surface area (Å²) < 4.78 is 23.1. The first kappa shape index (κ1) is 10.9. The Kier molecular flexibility index (Phi) is 3.63. The summed E-state index contributed by atoms with van der Waals surface area (Å²) in [6.07, 6.45) is 0. The van der Waals surface area contributed by atoms with Crippen LogP contribution in [0.15, 0.2) is 0 Å². The molecule has 4 N–H and O–H groups in total. The molecule has 1 rings (SSSR count). The smallest absolute Gasteiger partial charge is 0.276 e. The SMILES string of the molecule is NCCN1CCN(S(N)(=O)=O)CC1. The lowest BCUT2D eigenvalue weighted by Crippen LogP contribution is -2.51. The van der Waals surface area contributed by atoms with Crippen LogP contribution < -0.4 is 10.9 Å². The number of nitrogens with zero attached hydrogens (tertiary/aromatic N) is 2. The van der Waals surface area contributed by atoms with Crippen molar-refractivity contribution >= 4 is 10.2 Å². The Labute approximate surface area is 78.7 Å². The fourth-order valence-electron chi connectivity index (χ4n) is 1.39. The van der Waals surface area contributed by atoms with Crippen LogP contribution in [-0.2, 0) is 10.2 Å². The lowest BCUT2D eigenvalue weighted by atomic mass is 10.3. The zero-order chi connectivity index (χ0) is 9.90. The highest BCUT2D eigenvalue weighted by Crippen LogP contribution is 2.03. The zero-order valence-corrected chi connectivity index (χ0v) is 8.33. The van der Waals surface area contributed by atoms with Crippen molar-refractivity contribution < 1.29 is 8.42 Å². The second-order valence-electron chi connectivity index (χ2n) is 3.07. The Morgan fingerprint density at radius 3 is 2.08 bits per heavy atom. The molecule has 78 valence electrons. The van der Waals surface area contributed by atoms with Crippen molar-refractivity contribution in [1.29, 1.82) is 0 Å². The van der Waals surface area contributed by atoms with E-state index in [9.17, 15) is 8.42 Å². The van der Waals surface area contributed by atoms with Gasteiger partial charge in [0.25, 0.3) is 10.2 Å². The topological polar surface area (TPSA) is 92.7 Å². The lowest BCUT2D eigenvalue weighted by molar-refractivity contribution is 0.193. The van der Waals surface area contributed by atoms with E-state index in [2.05, 4.69) is 4.90 Å². The average Bonchev–Trinajstić information content (AvgIpc) is 2.04. The van der Waals surface area contributed by atoms with Crippen molar-refractivity contribution in [1.82, 2.24) is 9.21 Å². The van der Waals surface area contributed by atoms with Gasteiger partial charge in [-0.3, -0.25) is 4.90 Å². The molecule has 6 nitrogen and oxygen atoms in total. The first-order valence-electron chi connectivity index (χ1n) is 4.24. The minimum Gasteiger partial charge on any atom is -0.329 e. The van der Waals surface area contributed by atoms with Crippen LogP contribution in [0, 0.1) is 0 Å². The lowest BCUT2D eigenvalue weighted by Gasteiger charge is -2.32. The highest BCUT2D eigenvalue weighted by atomic mass is 32.2. The molecule has 0 amide bonds. The van der Waals surface area contributed by atoms with Gasteiger partial charge >= 0.3 is 0 Å². The number of hydrogen-bond donors (Lipinski definition) is 2. The summed E-state index contributed by atoms with van der Waals surface area (Å²) >= 11 is 0. The molecule has 0 unspecified atom stereocenters. The first-order chi connectivity index (χ1) is 6.04. The molecule has 1 saturated heterocycles. The number of piperazine rings is 1. The van der Waals surface area contributed by atoms with Gasteiger partial charge in [-0.2, -0.15) is 12.7 Å². The molecule has 0 radical (unpaired) electrons. The first-order valence-corrected chi connectivity index (χ1v) is 5.74. The molecular weight excluding hydrogens is 192 g/mol. The van der Waals surface area contributed by atoms with Crippen molar-refractivity contribution in [2.24, 2.45) is 10.9 Å². The predicted octanol–water partition coefficient (Wildman–Crippen LogP) is -2.23. The van der Waals surface area contributed by atoms with E-state index in [1.54, 1.807) is 0 Å². The molecule has 1 heterocycles. The average molecular weight is 208 g/mol. The summed E-state index contributed by atoms with van der Waals surface area (Å²) in [7, 11) is -3.49. The molecular formula is C6H16N4O2S. The number of rotatable bonds is 3. The van der Waals surface area contributed by atoms with Gasteiger partial charge in [0.05, 0.1) is 0 Å². The second-order valence-corrected chi connectivity index (χ2v) is 4.62. The van der Waals surface area contributed by atoms with Crippen LogP contribution in [0.5, 0.6) is 0 Å². The molecule has 7 heteroatoms. The maximum Gasteiger partial charge on any atom is 0.276 e. The number of hydrogen-bond acceptors (Lipinski definition) is 4. The zero-order valence-electron chi connectivity index (χ0n) is 7.52. The van der Waals surface area contributed by atoms with Gasteiger partial charge in [-0.15, -0.1) is 0 Å². The number of nitrogens with two attached hydrogens (primary N) is 2. The predicted molar refractivity (Wildman–Crippen MR) is 50.2 cm³/mol. The van der Waals surface area contributed by atoms with E-state index >= 15 is 0 Å². The summed E-state index contributed by atoms with van der Waals surface area (Å²) in [6.45, 7) is 3.80. The van der Waals surface area contributed by atoms with Crippen LogP contribution in [0.25, 0.3) is 0 Å². The van der Waals surface area contributed by atoms with Crippen molar-refractivity contribution in [3.63, 3.8) is 0 Å². The molecule has 0 aliphatic carbocycles. The standard InChI is InChI=1S/C6H16N4O2S/c7-1-2-9-3-5-10(6-4-9)13(8,11)12/h1-7H2,(H2,8,11,12). The van der Waals surface area contributed by atoms with E-state index in [4.69, 9.17) is 10.9 Å². The molecule has 13 heavy (non-hydrogen) atoms. The second kappa shape index (κ2) is 4.34. The van der Waals surface area contributed by atoms with Gasteiger partial charge in [-0.25, -0.2) is 5.14 Å². The van der Waals surface area contributed by atoms with E-state index in [0.29, 0.717) is 32.7 Å². The minimum atomic E-state index is -3.49. The molecule has 0 aromatic carbocycles. The van der Waals surface area contributed by atoms with Gasteiger partial charge in [0, 0.05) is 39.3 Å². The Balaban J connectivity index is 2.39. The Morgan fingerprint density at radius 2 is 1.69 bits per heavy atom. The van der Waals surface area contributed by atoms with E-state index in [1.165, 1.54) is 4.31 Å². The summed E-state index contributed by atoms with van der Waals surface area (Å²) in [5, 5.41) is 4.98. The normalized spacial score (nSPS) is 22.0. The van der Waals surface area contributed by atoms with E-state index in [0.717, 1.165) is 6.54 Å². The molecule has 1 aliphatic rings. The maximum atomic E-state index is 10.9. The minimum absolute atomic E-state index is 0.471. The maximum absolute atomic E-state index is 10.9. The molecule has 1 aliphatic heterocycles. The van der Waals surface area contributed by atoms with E-state index in [-0.39, 0.29) is 0 Å². The van der Waals surface area contributed by atoms with Crippen molar-refractivity contribution in [2.45, 2.75) is 0 Å². The third-order valence-electron chi connectivity index (χ3n) is 2.14. The van der Waals surface area contributed by atoms with E-state index in [1.807, 2.05) is 0 Å². The Bertz CT molecular complexity index is 245. The fourth-order valence-corrected chi connectivity index (χ4v) is 2.06. The van der Waals surface area contributed by atoms with Gasteiger partial charge < -0.3 is 5.73 Å². The summed E-state index contributed by atoms with van der Waals surface area (Å²) in [5.41, 5.74) is 5.38. The molecule has 0 aromatic heterocycles. The summed E-state index contributed by atoms with van der Waals surface area (Å²) in [4.78, 5) is 2.13. The third-order valence-corrected chi connectivity index (χ3v) is 3.22. The highest BCUT2D eigenvalue weighted by molar-refractivity contribution is 7.86. The molecule has 0 atom stereocenters. The third kappa shape index (κ3) is 3.20. The fraction of sp³-hybridized carbons (Fsp3) is 1.00. The van der Waals surface area contributed by atoms with Crippen LogP contribution in [0.2, 0.25) is 0 Å². The van der Waals surface area contributed by atoms with Crippen LogP contribution in [0.3, 0.4) is 0 Å². The molecule has 0 spiro atoms. The van der Waals surface area contributed by atoms with Gasteiger partial charge in [-0.05, 0) is 0 Å². The van der Waals surface area contributed by atoms with E-state index < -0.39 is 10.2 Å². The van der Waals surface area contributed by atoms with Crippen LogP contribution in [0.1, 0.15) is 0 Å². The van der Waals surface area contributed by atoms with Gasteiger partial charge in [0.15, 0.2) is 0 Å². The van der Waals surface area contributed by atoms with Gasteiger partial charge in [-0.1, -0.05) is 0 Å². The summed E-state index contributed by atoms with van der Waals surface area (Å²) in [5.74, 6) is 0. The van der Waals surface area contributed by atoms with Crippen LogP contribution >= 0.6 is 0 Å². The molecule has 0 bridgehead atoms. The monoisotopic (exact) mass is 208 g/mol. The Hall–Kier alpha value is -0.210. The molecule has 0 aromatic rings. The van der Waals surface area contributed by atoms with Crippen LogP contribution in [-0.4, -0.2) is 56.9 Å². The molecule has 0 saturated carbocycles. The van der Waals surface area contributed by atoms with Crippen molar-refractivity contribution in [2.75, 3.05) is 39.3 Å². The molecule has 1 fully saturated rings. The van der Waals surface area contributed by atoms with Crippen LogP contribution in [0.4, 0.5) is 0 Å². The largest absolute Gasteiger partial charge is 0.329 e. The van der Waals surface area contributed by atoms with Crippen molar-refractivity contribution in [3.8, 4) is 0 Å². The van der Waals surface area contributed by atoms with Gasteiger partial charge in [0.2, 0.25) is 0 Å². The van der Waals surface area contributed by atoms with Gasteiger partial charge in [0.1, 0.15) is 0 Å². The Morgan fingerprint density at radius 1 is 1.15 bits per heavy atom. The quantitative estimate of drug-likeness (QED) is 0.549. The summed E-state index contributed by atoms with van der Waals surface area (Å²) in [6, 6.07) is 0. The van der Waals surface area contributed by atoms with Crippen molar-refractivity contribution in [3.05, 3.63) is 0 Å². The highest BCUT2D eigenvalue weighted by Gasteiger charge is 2.22.